The van der Waals surface area contributed by atoms with Crippen LogP contribution in [0.1, 0.15) is 34.4 Å². The van der Waals surface area contributed by atoms with E-state index in [2.05, 4.69) is 52.1 Å². The van der Waals surface area contributed by atoms with Crippen molar-refractivity contribution in [2.75, 3.05) is 31.6 Å². The van der Waals surface area contributed by atoms with Crippen molar-refractivity contribution in [1.29, 1.82) is 0 Å². The number of ether oxygens (including phenoxy) is 1. The van der Waals surface area contributed by atoms with Crippen LogP contribution in [-0.4, -0.2) is 53.1 Å². The van der Waals surface area contributed by atoms with Gasteiger partial charge in [-0.25, -0.2) is 0 Å². The molecule has 0 unspecified atom stereocenters. The number of aromatic nitrogens is 1. The molecule has 2 aliphatic heterocycles. The van der Waals surface area contributed by atoms with Gasteiger partial charge in [0.05, 0.1) is 11.1 Å². The van der Waals surface area contributed by atoms with Crippen molar-refractivity contribution < 1.29 is 17.9 Å². The van der Waals surface area contributed by atoms with Crippen molar-refractivity contribution in [3.8, 4) is 5.75 Å². The average Bonchev–Trinajstić information content (AvgIpc) is 3.50. The molecule has 6 rings (SSSR count). The molecule has 2 atom stereocenters. The predicted molar refractivity (Wildman–Crippen MR) is 157 cm³/mol. The molecule has 0 radical (unpaired) electrons. The third kappa shape index (κ3) is 6.04. The van der Waals surface area contributed by atoms with Crippen LogP contribution in [0.3, 0.4) is 0 Å². The van der Waals surface area contributed by atoms with E-state index in [0.717, 1.165) is 54.8 Å². The lowest BCUT2D eigenvalue weighted by molar-refractivity contribution is -0.137. The fourth-order valence-corrected chi connectivity index (χ4v) is 6.20. The number of fused-ring (bicyclic) bond motifs is 3. The predicted octanol–water partition coefficient (Wildman–Crippen LogP) is 7.26. The minimum Gasteiger partial charge on any atom is -0.492 e. The van der Waals surface area contributed by atoms with Crippen LogP contribution in [0.5, 0.6) is 5.75 Å². The molecule has 1 aromatic heterocycles. The summed E-state index contributed by atoms with van der Waals surface area (Å²) in [7, 11) is 0. The molecule has 214 valence electrons. The van der Waals surface area contributed by atoms with Gasteiger partial charge in [0.15, 0.2) is 0 Å². The summed E-state index contributed by atoms with van der Waals surface area (Å²) < 4.78 is 47.3. The van der Waals surface area contributed by atoms with Gasteiger partial charge in [0, 0.05) is 66.8 Å². The van der Waals surface area contributed by atoms with Crippen LogP contribution >= 0.6 is 0 Å². The molecule has 8 heteroatoms. The first-order valence-electron chi connectivity index (χ1n) is 14.1. The Bertz CT molecular complexity index is 1570. The van der Waals surface area contributed by atoms with E-state index >= 15 is 0 Å². The summed E-state index contributed by atoms with van der Waals surface area (Å²) in [6.07, 6.45) is -3.36. The lowest BCUT2D eigenvalue weighted by Gasteiger charge is -2.34. The van der Waals surface area contributed by atoms with E-state index in [-0.39, 0.29) is 5.75 Å². The number of hydrogen-bond acceptors (Lipinski definition) is 5. The molecule has 0 spiro atoms. The molecule has 3 aromatic carbocycles. The first kappa shape index (κ1) is 27.5. The van der Waals surface area contributed by atoms with Crippen LogP contribution in [0.4, 0.5) is 24.5 Å². The van der Waals surface area contributed by atoms with Crippen molar-refractivity contribution >= 4 is 22.3 Å². The van der Waals surface area contributed by atoms with Gasteiger partial charge >= 0.3 is 6.18 Å². The van der Waals surface area contributed by atoms with Crippen LogP contribution in [-0.2, 0) is 12.7 Å². The highest BCUT2D eigenvalue weighted by molar-refractivity contribution is 5.93. The van der Waals surface area contributed by atoms with Gasteiger partial charge in [-0.2, -0.15) is 13.2 Å². The SMILES string of the molecule is Cc1cc(Nc2cc(OCCN3C[C@@H]4C[C@H]3CN4Cc3ccc(C)c(C)c3)cc(C(F)(F)F)c2)c2ccccc2n1. The summed E-state index contributed by atoms with van der Waals surface area (Å²) in [5.41, 5.74) is 5.84. The fourth-order valence-electron chi connectivity index (χ4n) is 6.20. The molecular weight excluding hydrogens is 525 g/mol. The number of benzene rings is 3. The van der Waals surface area contributed by atoms with Gasteiger partial charge in [-0.1, -0.05) is 36.4 Å². The van der Waals surface area contributed by atoms with Crippen molar-refractivity contribution in [3.63, 3.8) is 0 Å². The summed E-state index contributed by atoms with van der Waals surface area (Å²) in [6, 6.07) is 20.9. The van der Waals surface area contributed by atoms with Crippen molar-refractivity contribution in [3.05, 3.63) is 94.7 Å². The maximum absolute atomic E-state index is 13.8. The molecule has 5 nitrogen and oxygen atoms in total. The molecule has 2 aliphatic rings. The van der Waals surface area contributed by atoms with E-state index in [0.29, 0.717) is 36.6 Å². The van der Waals surface area contributed by atoms with E-state index in [1.807, 2.05) is 37.3 Å². The molecular formula is C33H35F3N4O. The van der Waals surface area contributed by atoms with E-state index in [4.69, 9.17) is 4.74 Å². The minimum atomic E-state index is -4.49. The summed E-state index contributed by atoms with van der Waals surface area (Å²) in [5.74, 6) is 0.207. The van der Waals surface area contributed by atoms with Crippen LogP contribution in [0.2, 0.25) is 0 Å². The second kappa shape index (κ2) is 11.0. The van der Waals surface area contributed by atoms with Gasteiger partial charge in [-0.15, -0.1) is 0 Å². The van der Waals surface area contributed by atoms with Gasteiger partial charge in [0.2, 0.25) is 0 Å². The van der Waals surface area contributed by atoms with Crippen LogP contribution in [0.15, 0.2) is 66.7 Å². The number of aryl methyl sites for hydroxylation is 3. The number of rotatable bonds is 8. The largest absolute Gasteiger partial charge is 0.492 e. The summed E-state index contributed by atoms with van der Waals surface area (Å²) in [4.78, 5) is 9.50. The van der Waals surface area contributed by atoms with Crippen molar-refractivity contribution in [2.24, 2.45) is 0 Å². The highest BCUT2D eigenvalue weighted by Crippen LogP contribution is 2.36. The number of piperazine rings is 1. The Balaban J connectivity index is 1.10. The zero-order valence-corrected chi connectivity index (χ0v) is 23.6. The monoisotopic (exact) mass is 560 g/mol. The lowest BCUT2D eigenvalue weighted by Crippen LogP contribution is -2.47. The van der Waals surface area contributed by atoms with Gasteiger partial charge < -0.3 is 10.1 Å². The highest BCUT2D eigenvalue weighted by Gasteiger charge is 2.42. The van der Waals surface area contributed by atoms with E-state index in [1.54, 1.807) is 6.07 Å². The molecule has 3 heterocycles. The van der Waals surface area contributed by atoms with E-state index in [1.165, 1.54) is 16.7 Å². The molecule has 2 saturated heterocycles. The molecule has 0 saturated carbocycles. The normalized spacial score (nSPS) is 19.3. The first-order valence-corrected chi connectivity index (χ1v) is 14.1. The number of nitrogens with zero attached hydrogens (tertiary/aromatic N) is 3. The molecule has 4 aromatic rings. The summed E-state index contributed by atoms with van der Waals surface area (Å²) >= 11 is 0. The maximum Gasteiger partial charge on any atom is 0.416 e. The van der Waals surface area contributed by atoms with Crippen LogP contribution in [0, 0.1) is 20.8 Å². The van der Waals surface area contributed by atoms with Gasteiger partial charge in [0.25, 0.3) is 0 Å². The number of pyridine rings is 1. The van der Waals surface area contributed by atoms with Gasteiger partial charge in [0.1, 0.15) is 12.4 Å². The number of likely N-dealkylation sites (tertiary alicyclic amines) is 2. The Morgan fingerprint density at radius 3 is 2.44 bits per heavy atom. The molecule has 2 fully saturated rings. The van der Waals surface area contributed by atoms with E-state index in [9.17, 15) is 13.2 Å². The second-order valence-corrected chi connectivity index (χ2v) is 11.4. The minimum absolute atomic E-state index is 0.207. The number of alkyl halides is 3. The first-order chi connectivity index (χ1) is 19.6. The summed E-state index contributed by atoms with van der Waals surface area (Å²) in [5, 5.41) is 4.03. The molecule has 0 aliphatic carbocycles. The average molecular weight is 561 g/mol. The highest BCUT2D eigenvalue weighted by atomic mass is 19.4. The topological polar surface area (TPSA) is 40.6 Å². The quantitative estimate of drug-likeness (QED) is 0.246. The number of nitrogens with one attached hydrogen (secondary N) is 1. The van der Waals surface area contributed by atoms with Crippen molar-refractivity contribution in [1.82, 2.24) is 14.8 Å². The van der Waals surface area contributed by atoms with E-state index < -0.39 is 11.7 Å². The molecule has 0 amide bonds. The zero-order valence-electron chi connectivity index (χ0n) is 23.6. The second-order valence-electron chi connectivity index (χ2n) is 11.4. The molecule has 2 bridgehead atoms. The third-order valence-electron chi connectivity index (χ3n) is 8.43. The molecule has 1 N–H and O–H groups in total. The van der Waals surface area contributed by atoms with Crippen LogP contribution in [0.25, 0.3) is 10.9 Å². The number of hydrogen-bond donors (Lipinski definition) is 1. The smallest absolute Gasteiger partial charge is 0.416 e. The Morgan fingerprint density at radius 2 is 1.68 bits per heavy atom. The maximum atomic E-state index is 13.8. The van der Waals surface area contributed by atoms with Gasteiger partial charge in [-0.05, 0) is 68.1 Å². The zero-order chi connectivity index (χ0) is 28.7. The van der Waals surface area contributed by atoms with Crippen LogP contribution < -0.4 is 10.1 Å². The summed E-state index contributed by atoms with van der Waals surface area (Å²) in [6.45, 7) is 10.1. The van der Waals surface area contributed by atoms with Gasteiger partial charge in [-0.3, -0.25) is 14.8 Å². The number of anilines is 2. The Morgan fingerprint density at radius 1 is 0.902 bits per heavy atom. The lowest BCUT2D eigenvalue weighted by atomic mass is 10.1. The Kier molecular flexibility index (Phi) is 7.38. The standard InChI is InChI=1S/C33H35F3N4O/c1-21-8-9-24(12-22(21)2)18-40-20-27-17-28(40)19-39(27)10-11-41-29-15-25(33(34,35)36)14-26(16-29)38-32-13-23(3)37-31-7-5-4-6-30(31)32/h4-9,12-16,27-28H,10-11,17-20H2,1-3H3,(H,37,38)/t27-,28-/m0/s1. The third-order valence-corrected chi connectivity index (χ3v) is 8.43. The Labute approximate surface area is 238 Å². The number of halogens is 3. The van der Waals surface area contributed by atoms with Crippen molar-refractivity contribution in [2.45, 2.75) is 52.0 Å². The molecule has 41 heavy (non-hydrogen) atoms. The fraction of sp³-hybridized carbons (Fsp3) is 0.364. The Hall–Kier alpha value is -3.62. The number of para-hydroxylation sites is 1.